The lowest BCUT2D eigenvalue weighted by atomic mass is 9.88. The molecule has 3 aromatic carbocycles. The van der Waals surface area contributed by atoms with Gasteiger partial charge in [0.1, 0.15) is 11.3 Å². The van der Waals surface area contributed by atoms with Crippen LogP contribution in [-0.4, -0.2) is 50.1 Å². The molecule has 4 rings (SSSR count). The Morgan fingerprint density at radius 2 is 1.60 bits per heavy atom. The summed E-state index contributed by atoms with van der Waals surface area (Å²) in [6.45, 7) is 1.45. The van der Waals surface area contributed by atoms with Gasteiger partial charge in [0.15, 0.2) is 5.13 Å². The van der Waals surface area contributed by atoms with Gasteiger partial charge in [0.2, 0.25) is 5.91 Å². The fourth-order valence-electron chi connectivity index (χ4n) is 4.18. The number of thiazole rings is 1. The summed E-state index contributed by atoms with van der Waals surface area (Å²) in [7, 11) is 5.69. The van der Waals surface area contributed by atoms with E-state index in [0.29, 0.717) is 34.4 Å². The first-order valence-electron chi connectivity index (χ1n) is 11.7. The smallest absolute Gasteiger partial charge is 0.229 e. The lowest BCUT2D eigenvalue weighted by Crippen LogP contribution is -2.34. The Morgan fingerprint density at radius 1 is 0.971 bits per heavy atom. The molecule has 0 radical (unpaired) electrons. The van der Waals surface area contributed by atoms with Gasteiger partial charge in [-0.15, -0.1) is 0 Å². The Bertz CT molecular complexity index is 1220. The number of benzene rings is 3. The molecule has 0 fully saturated rings. The lowest BCUT2D eigenvalue weighted by molar-refractivity contribution is -0.118. The Kier molecular flexibility index (Phi) is 8.39. The summed E-state index contributed by atoms with van der Waals surface area (Å²) in [5.41, 5.74) is 2.93. The number of fused-ring (bicyclic) bond motifs is 1. The van der Waals surface area contributed by atoms with Gasteiger partial charge in [-0.25, -0.2) is 4.98 Å². The Labute approximate surface area is 215 Å². The maximum atomic E-state index is 13.9. The molecule has 1 heterocycles. The monoisotopic (exact) mass is 507 g/mol. The highest BCUT2D eigenvalue weighted by Crippen LogP contribution is 2.39. The normalized spacial score (nSPS) is 11.4. The standard InChI is InChI=1S/C28H30ClN3O2S/c1-31(2)17-10-18-32(28-30-26-24(34-3)16-15-23(29)27(26)35-28)25(33)19-22(20-11-6-4-7-12-20)21-13-8-5-9-14-21/h4-9,11-16,22H,10,17-19H2,1-3H3. The number of anilines is 1. The highest BCUT2D eigenvalue weighted by molar-refractivity contribution is 7.23. The molecular formula is C28H30ClN3O2S. The molecule has 0 saturated carbocycles. The molecule has 1 aromatic heterocycles. The third-order valence-electron chi connectivity index (χ3n) is 5.97. The molecule has 0 aliphatic rings. The molecule has 0 N–H and O–H groups in total. The Morgan fingerprint density at radius 3 is 2.17 bits per heavy atom. The molecule has 0 spiro atoms. The zero-order valence-electron chi connectivity index (χ0n) is 20.3. The van der Waals surface area contributed by atoms with Gasteiger partial charge < -0.3 is 9.64 Å². The van der Waals surface area contributed by atoms with Crippen molar-refractivity contribution in [2.45, 2.75) is 18.8 Å². The number of halogens is 1. The fourth-order valence-corrected chi connectivity index (χ4v) is 5.48. The average molecular weight is 508 g/mol. The zero-order valence-corrected chi connectivity index (χ0v) is 21.9. The van der Waals surface area contributed by atoms with Crippen molar-refractivity contribution in [3.05, 3.63) is 88.9 Å². The van der Waals surface area contributed by atoms with Gasteiger partial charge in [-0.2, -0.15) is 0 Å². The van der Waals surface area contributed by atoms with E-state index in [1.165, 1.54) is 11.3 Å². The van der Waals surface area contributed by atoms with Crippen LogP contribution in [0.25, 0.3) is 10.2 Å². The number of hydrogen-bond donors (Lipinski definition) is 0. The molecule has 5 nitrogen and oxygen atoms in total. The van der Waals surface area contributed by atoms with Crippen molar-refractivity contribution in [3.63, 3.8) is 0 Å². The molecule has 1 amide bonds. The van der Waals surface area contributed by atoms with Crippen molar-refractivity contribution in [2.24, 2.45) is 0 Å². The quantitative estimate of drug-likeness (QED) is 0.247. The van der Waals surface area contributed by atoms with Crippen LogP contribution in [0.5, 0.6) is 5.75 Å². The molecule has 182 valence electrons. The average Bonchev–Trinajstić information content (AvgIpc) is 3.32. The summed E-state index contributed by atoms with van der Waals surface area (Å²) in [6.07, 6.45) is 1.18. The number of carbonyl (C=O) groups excluding carboxylic acids is 1. The summed E-state index contributed by atoms with van der Waals surface area (Å²) < 4.78 is 6.33. The maximum absolute atomic E-state index is 13.9. The molecule has 0 atom stereocenters. The fraction of sp³-hybridized carbons (Fsp3) is 0.286. The van der Waals surface area contributed by atoms with Crippen LogP contribution in [0, 0.1) is 0 Å². The van der Waals surface area contributed by atoms with E-state index in [4.69, 9.17) is 21.3 Å². The first-order valence-corrected chi connectivity index (χ1v) is 12.9. The van der Waals surface area contributed by atoms with Crippen LogP contribution >= 0.6 is 22.9 Å². The van der Waals surface area contributed by atoms with Crippen molar-refractivity contribution in [3.8, 4) is 5.75 Å². The molecule has 0 unspecified atom stereocenters. The molecule has 0 bridgehead atoms. The minimum Gasteiger partial charge on any atom is -0.494 e. The van der Waals surface area contributed by atoms with Gasteiger partial charge in [-0.05, 0) is 50.3 Å². The highest BCUT2D eigenvalue weighted by Gasteiger charge is 2.26. The number of carbonyl (C=O) groups is 1. The van der Waals surface area contributed by atoms with Gasteiger partial charge in [-0.1, -0.05) is 83.6 Å². The molecule has 0 aliphatic carbocycles. The van der Waals surface area contributed by atoms with E-state index >= 15 is 0 Å². The van der Waals surface area contributed by atoms with E-state index in [1.54, 1.807) is 7.11 Å². The van der Waals surface area contributed by atoms with E-state index in [2.05, 4.69) is 29.2 Å². The van der Waals surface area contributed by atoms with Gasteiger partial charge in [0.05, 0.1) is 16.8 Å². The van der Waals surface area contributed by atoms with E-state index in [0.717, 1.165) is 28.8 Å². The topological polar surface area (TPSA) is 45.7 Å². The summed E-state index contributed by atoms with van der Waals surface area (Å²) in [6, 6.07) is 24.0. The zero-order chi connectivity index (χ0) is 24.8. The van der Waals surface area contributed by atoms with Gasteiger partial charge >= 0.3 is 0 Å². The second-order valence-corrected chi connectivity index (χ2v) is 10.1. The van der Waals surface area contributed by atoms with Gasteiger partial charge in [0.25, 0.3) is 0 Å². The van der Waals surface area contributed by atoms with Crippen molar-refractivity contribution in [1.82, 2.24) is 9.88 Å². The highest BCUT2D eigenvalue weighted by atomic mass is 35.5. The number of aromatic nitrogens is 1. The molecule has 7 heteroatoms. The van der Waals surface area contributed by atoms with Crippen LogP contribution in [0.4, 0.5) is 5.13 Å². The minimum absolute atomic E-state index is 0.0376. The van der Waals surface area contributed by atoms with Crippen LogP contribution in [0.2, 0.25) is 5.02 Å². The number of ether oxygens (including phenoxy) is 1. The first kappa shape index (κ1) is 25.2. The van der Waals surface area contributed by atoms with E-state index < -0.39 is 0 Å². The van der Waals surface area contributed by atoms with Crippen molar-refractivity contribution in [2.75, 3.05) is 39.2 Å². The van der Waals surface area contributed by atoms with Crippen LogP contribution in [0.15, 0.2) is 72.8 Å². The summed E-state index contributed by atoms with van der Waals surface area (Å²) >= 11 is 7.91. The SMILES string of the molecule is COc1ccc(Cl)c2sc(N(CCCN(C)C)C(=O)CC(c3ccccc3)c3ccccc3)nc12. The number of nitrogens with zero attached hydrogens (tertiary/aromatic N) is 3. The van der Waals surface area contributed by atoms with E-state index in [-0.39, 0.29) is 11.8 Å². The predicted molar refractivity (Wildman–Crippen MR) is 146 cm³/mol. The molecule has 4 aromatic rings. The Balaban J connectivity index is 1.69. The first-order chi connectivity index (χ1) is 17.0. The van der Waals surface area contributed by atoms with Crippen molar-refractivity contribution < 1.29 is 9.53 Å². The van der Waals surface area contributed by atoms with E-state index in [9.17, 15) is 4.79 Å². The van der Waals surface area contributed by atoms with Gasteiger partial charge in [0, 0.05) is 18.9 Å². The molecular weight excluding hydrogens is 478 g/mol. The third-order valence-corrected chi connectivity index (χ3v) is 7.51. The minimum atomic E-state index is -0.0475. The maximum Gasteiger partial charge on any atom is 0.229 e. The van der Waals surface area contributed by atoms with Crippen LogP contribution in [-0.2, 0) is 4.79 Å². The molecule has 0 aliphatic heterocycles. The third kappa shape index (κ3) is 6.01. The second-order valence-electron chi connectivity index (χ2n) is 8.70. The van der Waals surface area contributed by atoms with Crippen LogP contribution in [0.3, 0.4) is 0 Å². The lowest BCUT2D eigenvalue weighted by Gasteiger charge is -2.24. The largest absolute Gasteiger partial charge is 0.494 e. The van der Waals surface area contributed by atoms with Crippen molar-refractivity contribution in [1.29, 1.82) is 0 Å². The summed E-state index contributed by atoms with van der Waals surface area (Å²) in [5.74, 6) is 0.642. The van der Waals surface area contributed by atoms with Crippen LogP contribution < -0.4 is 9.64 Å². The van der Waals surface area contributed by atoms with Gasteiger partial charge in [-0.3, -0.25) is 9.69 Å². The molecule has 35 heavy (non-hydrogen) atoms. The number of rotatable bonds is 10. The second kappa shape index (κ2) is 11.7. The predicted octanol–water partition coefficient (Wildman–Crippen LogP) is 6.47. The Hall–Kier alpha value is -2.93. The van der Waals surface area contributed by atoms with Crippen LogP contribution in [0.1, 0.15) is 29.9 Å². The van der Waals surface area contributed by atoms with E-state index in [1.807, 2.05) is 67.5 Å². The summed E-state index contributed by atoms with van der Waals surface area (Å²) in [4.78, 5) is 22.7. The number of methoxy groups -OCH3 is 1. The summed E-state index contributed by atoms with van der Waals surface area (Å²) in [5, 5.41) is 1.26. The number of hydrogen-bond acceptors (Lipinski definition) is 5. The number of amides is 1. The molecule has 0 saturated heterocycles. The van der Waals surface area contributed by atoms with Crippen molar-refractivity contribution >= 4 is 44.2 Å².